The highest BCUT2D eigenvalue weighted by Gasteiger charge is 2.15. The first-order valence-electron chi connectivity index (χ1n) is 8.16. The predicted octanol–water partition coefficient (Wildman–Crippen LogP) is 3.60. The van der Waals surface area contributed by atoms with Gasteiger partial charge in [-0.05, 0) is 36.6 Å². The summed E-state index contributed by atoms with van der Waals surface area (Å²) < 4.78 is 3.75. The molecule has 0 aliphatic heterocycles. The monoisotopic (exact) mass is 383 g/mol. The zero-order valence-corrected chi connectivity index (χ0v) is 15.8. The van der Waals surface area contributed by atoms with Gasteiger partial charge in [0.05, 0.1) is 17.9 Å². The summed E-state index contributed by atoms with van der Waals surface area (Å²) in [6.07, 6.45) is 5.77. The molecule has 1 amide bonds. The van der Waals surface area contributed by atoms with Crippen LogP contribution in [0.1, 0.15) is 15.4 Å². The van der Waals surface area contributed by atoms with Crippen LogP contribution < -0.4 is 5.32 Å². The summed E-state index contributed by atoms with van der Waals surface area (Å²) in [5, 5.41) is 12.4. The molecule has 8 heteroatoms. The summed E-state index contributed by atoms with van der Waals surface area (Å²) >= 11 is 3.05. The van der Waals surface area contributed by atoms with Crippen LogP contribution in [0.3, 0.4) is 0 Å². The average Bonchev–Trinajstić information content (AvgIpc) is 3.40. The van der Waals surface area contributed by atoms with E-state index >= 15 is 0 Å². The Morgan fingerprint density at radius 2 is 2.08 bits per heavy atom. The Hall–Kier alpha value is -2.71. The lowest BCUT2D eigenvalue weighted by molar-refractivity contribution is 0.0955. The second-order valence-electron chi connectivity index (χ2n) is 5.73. The van der Waals surface area contributed by atoms with Gasteiger partial charge in [-0.1, -0.05) is 11.3 Å². The van der Waals surface area contributed by atoms with Gasteiger partial charge in [-0.25, -0.2) is 4.98 Å². The highest BCUT2D eigenvalue weighted by Crippen LogP contribution is 2.22. The lowest BCUT2D eigenvalue weighted by Gasteiger charge is -2.04. The van der Waals surface area contributed by atoms with E-state index in [1.54, 1.807) is 11.3 Å². The SMILES string of the molecule is Cc1nc(-n2cccc2)sc1C(=O)NCCn1ccc(-c2ccsc2)n1. The van der Waals surface area contributed by atoms with Crippen LogP contribution >= 0.6 is 22.7 Å². The number of carbonyl (C=O) groups excluding carboxylic acids is 1. The average molecular weight is 384 g/mol. The second-order valence-corrected chi connectivity index (χ2v) is 7.49. The Morgan fingerprint density at radius 3 is 2.85 bits per heavy atom. The molecule has 4 rings (SSSR count). The standard InChI is InChI=1S/C18H17N5OS2/c1-13-16(26-18(20-13)22-7-2-3-8-22)17(24)19-6-10-23-9-4-15(21-23)14-5-11-25-12-14/h2-5,7-9,11-12H,6,10H2,1H3,(H,19,24). The first kappa shape index (κ1) is 16.7. The van der Waals surface area contributed by atoms with Crippen LogP contribution in [0, 0.1) is 6.92 Å². The van der Waals surface area contributed by atoms with Crippen LogP contribution in [0.4, 0.5) is 0 Å². The van der Waals surface area contributed by atoms with Gasteiger partial charge in [-0.15, -0.1) is 0 Å². The van der Waals surface area contributed by atoms with E-state index in [4.69, 9.17) is 0 Å². The predicted molar refractivity (Wildman–Crippen MR) is 104 cm³/mol. The van der Waals surface area contributed by atoms with E-state index < -0.39 is 0 Å². The molecule has 0 unspecified atom stereocenters. The third-order valence-corrected chi connectivity index (χ3v) is 5.75. The largest absolute Gasteiger partial charge is 0.349 e. The van der Waals surface area contributed by atoms with Crippen molar-refractivity contribution in [1.29, 1.82) is 0 Å². The third kappa shape index (κ3) is 3.47. The van der Waals surface area contributed by atoms with Crippen LogP contribution in [0.25, 0.3) is 16.4 Å². The molecule has 4 heterocycles. The molecule has 0 aromatic carbocycles. The number of thiazole rings is 1. The Morgan fingerprint density at radius 1 is 1.23 bits per heavy atom. The van der Waals surface area contributed by atoms with Gasteiger partial charge in [0.25, 0.3) is 5.91 Å². The molecule has 0 saturated carbocycles. The van der Waals surface area contributed by atoms with Crippen molar-refractivity contribution in [2.45, 2.75) is 13.5 Å². The molecule has 0 bridgehead atoms. The molecule has 0 spiro atoms. The lowest BCUT2D eigenvalue weighted by atomic mass is 10.2. The molecule has 1 N–H and O–H groups in total. The summed E-state index contributed by atoms with van der Waals surface area (Å²) in [6, 6.07) is 7.91. The van der Waals surface area contributed by atoms with E-state index in [9.17, 15) is 4.79 Å². The van der Waals surface area contributed by atoms with E-state index in [0.29, 0.717) is 18.0 Å². The van der Waals surface area contributed by atoms with Crippen molar-refractivity contribution in [3.8, 4) is 16.4 Å². The smallest absolute Gasteiger partial charge is 0.263 e. The molecule has 4 aromatic heterocycles. The minimum atomic E-state index is -0.0939. The van der Waals surface area contributed by atoms with Crippen LogP contribution in [0.2, 0.25) is 0 Å². The van der Waals surface area contributed by atoms with Gasteiger partial charge in [0.1, 0.15) is 4.88 Å². The summed E-state index contributed by atoms with van der Waals surface area (Å²) in [6.45, 7) is 3.00. The summed E-state index contributed by atoms with van der Waals surface area (Å²) in [7, 11) is 0. The Labute approximate surface area is 158 Å². The molecule has 4 aromatic rings. The van der Waals surface area contributed by atoms with Crippen molar-refractivity contribution in [1.82, 2.24) is 24.6 Å². The van der Waals surface area contributed by atoms with E-state index in [0.717, 1.165) is 22.1 Å². The third-order valence-electron chi connectivity index (χ3n) is 3.90. The second kappa shape index (κ2) is 7.27. The quantitative estimate of drug-likeness (QED) is 0.553. The normalized spacial score (nSPS) is 11.0. The molecule has 132 valence electrons. The maximum Gasteiger partial charge on any atom is 0.263 e. The van der Waals surface area contributed by atoms with Crippen molar-refractivity contribution in [2.75, 3.05) is 6.54 Å². The van der Waals surface area contributed by atoms with E-state index in [2.05, 4.69) is 20.8 Å². The van der Waals surface area contributed by atoms with Crippen LogP contribution in [-0.2, 0) is 6.54 Å². The van der Waals surface area contributed by atoms with Crippen LogP contribution in [0.15, 0.2) is 53.6 Å². The fourth-order valence-electron chi connectivity index (χ4n) is 2.58. The first-order valence-corrected chi connectivity index (χ1v) is 9.91. The number of carbonyl (C=O) groups is 1. The topological polar surface area (TPSA) is 64.7 Å². The van der Waals surface area contributed by atoms with Gasteiger partial charge in [0.2, 0.25) is 0 Å². The van der Waals surface area contributed by atoms with Crippen LogP contribution in [0.5, 0.6) is 0 Å². The maximum atomic E-state index is 12.5. The number of nitrogens with zero attached hydrogens (tertiary/aromatic N) is 4. The van der Waals surface area contributed by atoms with Gasteiger partial charge in [0.15, 0.2) is 5.13 Å². The number of aryl methyl sites for hydroxylation is 1. The van der Waals surface area contributed by atoms with E-state index in [1.165, 1.54) is 11.3 Å². The molecule has 0 aliphatic carbocycles. The number of rotatable bonds is 6. The molecule has 0 saturated heterocycles. The molecule has 0 aliphatic rings. The van der Waals surface area contributed by atoms with Crippen molar-refractivity contribution in [3.63, 3.8) is 0 Å². The highest BCUT2D eigenvalue weighted by atomic mass is 32.1. The fourth-order valence-corrected chi connectivity index (χ4v) is 4.18. The molecule has 6 nitrogen and oxygen atoms in total. The maximum absolute atomic E-state index is 12.5. The van der Waals surface area contributed by atoms with Gasteiger partial charge in [-0.2, -0.15) is 16.4 Å². The molecular formula is C18H17N5OS2. The number of thiophene rings is 1. The van der Waals surface area contributed by atoms with Crippen molar-refractivity contribution < 1.29 is 4.79 Å². The zero-order chi connectivity index (χ0) is 17.9. The van der Waals surface area contributed by atoms with Gasteiger partial charge in [-0.3, -0.25) is 9.48 Å². The molecule has 26 heavy (non-hydrogen) atoms. The zero-order valence-electron chi connectivity index (χ0n) is 14.1. The summed E-state index contributed by atoms with van der Waals surface area (Å²) in [5.74, 6) is -0.0939. The summed E-state index contributed by atoms with van der Waals surface area (Å²) in [5.41, 5.74) is 2.82. The Balaban J connectivity index is 1.36. The molecule has 0 atom stereocenters. The highest BCUT2D eigenvalue weighted by molar-refractivity contribution is 7.16. The van der Waals surface area contributed by atoms with E-state index in [-0.39, 0.29) is 5.91 Å². The minimum absolute atomic E-state index is 0.0939. The number of hydrogen-bond donors (Lipinski definition) is 1. The molecular weight excluding hydrogens is 366 g/mol. The number of hydrogen-bond acceptors (Lipinski definition) is 5. The van der Waals surface area contributed by atoms with Gasteiger partial charge < -0.3 is 9.88 Å². The number of amides is 1. The Kier molecular flexibility index (Phi) is 4.68. The minimum Gasteiger partial charge on any atom is -0.349 e. The number of nitrogens with one attached hydrogen (secondary N) is 1. The number of aromatic nitrogens is 4. The van der Waals surface area contributed by atoms with E-state index in [1.807, 2.05) is 64.4 Å². The van der Waals surface area contributed by atoms with Crippen molar-refractivity contribution >= 4 is 28.6 Å². The van der Waals surface area contributed by atoms with Crippen LogP contribution in [-0.4, -0.2) is 31.8 Å². The Bertz CT molecular complexity index is 999. The van der Waals surface area contributed by atoms with Crippen molar-refractivity contribution in [3.05, 3.63) is 64.2 Å². The first-order chi connectivity index (χ1) is 12.7. The lowest BCUT2D eigenvalue weighted by Crippen LogP contribution is -2.27. The molecule has 0 fully saturated rings. The summed E-state index contributed by atoms with van der Waals surface area (Å²) in [4.78, 5) is 17.6. The fraction of sp³-hybridized carbons (Fsp3) is 0.167. The van der Waals surface area contributed by atoms with Gasteiger partial charge in [0, 0.05) is 36.1 Å². The van der Waals surface area contributed by atoms with Gasteiger partial charge >= 0.3 is 0 Å². The van der Waals surface area contributed by atoms with Crippen molar-refractivity contribution in [2.24, 2.45) is 0 Å². The molecule has 0 radical (unpaired) electrons.